The summed E-state index contributed by atoms with van der Waals surface area (Å²) >= 11 is 0. The van der Waals surface area contributed by atoms with Gasteiger partial charge in [0.05, 0.1) is 0 Å². The summed E-state index contributed by atoms with van der Waals surface area (Å²) in [6, 6.07) is 8.09. The first-order valence-corrected chi connectivity index (χ1v) is 9.07. The van der Waals surface area contributed by atoms with Crippen molar-refractivity contribution in [3.05, 3.63) is 35.4 Å². The van der Waals surface area contributed by atoms with Crippen LogP contribution >= 0.6 is 0 Å². The molecule has 0 bridgehead atoms. The van der Waals surface area contributed by atoms with Crippen LogP contribution in [0.1, 0.15) is 35.7 Å². The standard InChI is InChI=1S/C19H29N3O/c1-2-16-3-5-18(6-4-16)19(23)22-13-11-21(12-14-22)15-17-7-9-20-10-8-17/h3-6,17,20H,2,7-15H2,1H3. The van der Waals surface area contributed by atoms with E-state index in [1.807, 2.05) is 17.0 Å². The predicted molar refractivity (Wildman–Crippen MR) is 93.8 cm³/mol. The molecule has 2 saturated heterocycles. The van der Waals surface area contributed by atoms with E-state index in [1.54, 1.807) is 0 Å². The summed E-state index contributed by atoms with van der Waals surface area (Å²) in [4.78, 5) is 17.2. The molecule has 1 amide bonds. The molecule has 1 aromatic rings. The van der Waals surface area contributed by atoms with Crippen LogP contribution < -0.4 is 5.32 Å². The Hall–Kier alpha value is -1.39. The van der Waals surface area contributed by atoms with E-state index >= 15 is 0 Å². The number of nitrogens with one attached hydrogen (secondary N) is 1. The minimum atomic E-state index is 0.189. The molecule has 1 aromatic carbocycles. The molecule has 2 aliphatic rings. The number of hydrogen-bond acceptors (Lipinski definition) is 3. The highest BCUT2D eigenvalue weighted by Gasteiger charge is 2.24. The molecule has 0 atom stereocenters. The maximum atomic E-state index is 12.6. The van der Waals surface area contributed by atoms with Gasteiger partial charge in [-0.2, -0.15) is 0 Å². The smallest absolute Gasteiger partial charge is 0.253 e. The zero-order valence-electron chi connectivity index (χ0n) is 14.3. The second kappa shape index (κ2) is 7.93. The van der Waals surface area contributed by atoms with Gasteiger partial charge >= 0.3 is 0 Å². The molecule has 0 aliphatic carbocycles. The van der Waals surface area contributed by atoms with Gasteiger partial charge in [0.1, 0.15) is 0 Å². The van der Waals surface area contributed by atoms with E-state index in [2.05, 4.69) is 29.3 Å². The molecule has 0 radical (unpaired) electrons. The number of hydrogen-bond donors (Lipinski definition) is 1. The van der Waals surface area contributed by atoms with Crippen molar-refractivity contribution in [1.29, 1.82) is 0 Å². The molecule has 1 N–H and O–H groups in total. The number of piperazine rings is 1. The molecular weight excluding hydrogens is 286 g/mol. The lowest BCUT2D eigenvalue weighted by Crippen LogP contribution is -2.50. The number of amides is 1. The molecule has 2 heterocycles. The van der Waals surface area contributed by atoms with Crippen LogP contribution in [0.15, 0.2) is 24.3 Å². The van der Waals surface area contributed by atoms with Gasteiger partial charge in [0.2, 0.25) is 0 Å². The lowest BCUT2D eigenvalue weighted by atomic mass is 9.97. The second-order valence-electron chi connectivity index (χ2n) is 6.84. The summed E-state index contributed by atoms with van der Waals surface area (Å²) in [6.07, 6.45) is 3.61. The highest BCUT2D eigenvalue weighted by atomic mass is 16.2. The maximum absolute atomic E-state index is 12.6. The molecule has 0 saturated carbocycles. The topological polar surface area (TPSA) is 35.6 Å². The summed E-state index contributed by atoms with van der Waals surface area (Å²) in [5.41, 5.74) is 2.11. The Labute approximate surface area is 139 Å². The molecule has 23 heavy (non-hydrogen) atoms. The Kier molecular flexibility index (Phi) is 5.68. The first-order valence-electron chi connectivity index (χ1n) is 9.07. The number of benzene rings is 1. The van der Waals surface area contributed by atoms with Crippen LogP contribution in [0.25, 0.3) is 0 Å². The quantitative estimate of drug-likeness (QED) is 0.923. The largest absolute Gasteiger partial charge is 0.336 e. The van der Waals surface area contributed by atoms with Crippen LogP contribution in [0.2, 0.25) is 0 Å². The Morgan fingerprint density at radius 2 is 1.74 bits per heavy atom. The first kappa shape index (κ1) is 16.5. The van der Waals surface area contributed by atoms with E-state index in [0.29, 0.717) is 0 Å². The number of carbonyl (C=O) groups is 1. The highest BCUT2D eigenvalue weighted by Crippen LogP contribution is 2.16. The first-order chi connectivity index (χ1) is 11.3. The Bertz CT molecular complexity index is 500. The van der Waals surface area contributed by atoms with Gasteiger partial charge in [0.25, 0.3) is 5.91 Å². The number of piperidine rings is 1. The van der Waals surface area contributed by atoms with Crippen LogP contribution in [-0.2, 0) is 6.42 Å². The zero-order chi connectivity index (χ0) is 16.1. The second-order valence-corrected chi connectivity index (χ2v) is 6.84. The minimum Gasteiger partial charge on any atom is -0.336 e. The maximum Gasteiger partial charge on any atom is 0.253 e. The minimum absolute atomic E-state index is 0.189. The van der Waals surface area contributed by atoms with Crippen molar-refractivity contribution in [2.75, 3.05) is 45.8 Å². The fraction of sp³-hybridized carbons (Fsp3) is 0.632. The Balaban J connectivity index is 1.48. The van der Waals surface area contributed by atoms with Gasteiger partial charge in [-0.1, -0.05) is 19.1 Å². The van der Waals surface area contributed by atoms with Crippen molar-refractivity contribution in [2.45, 2.75) is 26.2 Å². The third-order valence-electron chi connectivity index (χ3n) is 5.24. The van der Waals surface area contributed by atoms with Gasteiger partial charge in [-0.15, -0.1) is 0 Å². The Morgan fingerprint density at radius 3 is 2.35 bits per heavy atom. The molecule has 4 nitrogen and oxygen atoms in total. The van der Waals surface area contributed by atoms with Crippen molar-refractivity contribution in [3.63, 3.8) is 0 Å². The molecule has 2 fully saturated rings. The van der Waals surface area contributed by atoms with Crippen LogP contribution in [0.3, 0.4) is 0 Å². The van der Waals surface area contributed by atoms with Crippen LogP contribution in [0.5, 0.6) is 0 Å². The van der Waals surface area contributed by atoms with Gasteiger partial charge in [-0.05, 0) is 56.0 Å². The summed E-state index contributed by atoms with van der Waals surface area (Å²) in [6.45, 7) is 9.42. The monoisotopic (exact) mass is 315 g/mol. The molecule has 0 aromatic heterocycles. The number of aryl methyl sites for hydroxylation is 1. The molecule has 2 aliphatic heterocycles. The van der Waals surface area contributed by atoms with Gasteiger partial charge < -0.3 is 10.2 Å². The fourth-order valence-electron chi connectivity index (χ4n) is 3.63. The number of carbonyl (C=O) groups excluding carboxylic acids is 1. The molecule has 4 heteroatoms. The fourth-order valence-corrected chi connectivity index (χ4v) is 3.63. The molecule has 126 valence electrons. The Morgan fingerprint density at radius 1 is 1.09 bits per heavy atom. The van der Waals surface area contributed by atoms with E-state index in [-0.39, 0.29) is 5.91 Å². The van der Waals surface area contributed by atoms with Gasteiger partial charge in [0, 0.05) is 38.3 Å². The van der Waals surface area contributed by atoms with Gasteiger partial charge in [-0.25, -0.2) is 0 Å². The van der Waals surface area contributed by atoms with E-state index < -0.39 is 0 Å². The lowest BCUT2D eigenvalue weighted by molar-refractivity contribution is 0.0608. The third kappa shape index (κ3) is 4.33. The summed E-state index contributed by atoms with van der Waals surface area (Å²) in [7, 11) is 0. The van der Waals surface area contributed by atoms with Crippen LogP contribution in [0, 0.1) is 5.92 Å². The van der Waals surface area contributed by atoms with E-state index in [9.17, 15) is 4.79 Å². The van der Waals surface area contributed by atoms with E-state index in [4.69, 9.17) is 0 Å². The number of nitrogens with zero attached hydrogens (tertiary/aromatic N) is 2. The van der Waals surface area contributed by atoms with Gasteiger partial charge in [0.15, 0.2) is 0 Å². The summed E-state index contributed by atoms with van der Waals surface area (Å²) in [5, 5.41) is 3.43. The average molecular weight is 315 g/mol. The third-order valence-corrected chi connectivity index (χ3v) is 5.24. The molecule has 0 unspecified atom stereocenters. The van der Waals surface area contributed by atoms with Crippen molar-refractivity contribution >= 4 is 5.91 Å². The molecular formula is C19H29N3O. The molecule has 0 spiro atoms. The van der Waals surface area contributed by atoms with Crippen molar-refractivity contribution in [3.8, 4) is 0 Å². The van der Waals surface area contributed by atoms with E-state index in [1.165, 1.54) is 24.9 Å². The average Bonchev–Trinajstić information content (AvgIpc) is 2.63. The predicted octanol–water partition coefficient (Wildman–Crippen LogP) is 2.01. The zero-order valence-corrected chi connectivity index (χ0v) is 14.3. The van der Waals surface area contributed by atoms with Gasteiger partial charge in [-0.3, -0.25) is 9.69 Å². The van der Waals surface area contributed by atoms with Crippen molar-refractivity contribution in [2.24, 2.45) is 5.92 Å². The van der Waals surface area contributed by atoms with Crippen molar-refractivity contribution in [1.82, 2.24) is 15.1 Å². The summed E-state index contributed by atoms with van der Waals surface area (Å²) in [5.74, 6) is 1.02. The molecule has 3 rings (SSSR count). The number of rotatable bonds is 4. The summed E-state index contributed by atoms with van der Waals surface area (Å²) < 4.78 is 0. The van der Waals surface area contributed by atoms with E-state index in [0.717, 1.165) is 57.2 Å². The SMILES string of the molecule is CCc1ccc(C(=O)N2CCN(CC3CCNCC3)CC2)cc1. The highest BCUT2D eigenvalue weighted by molar-refractivity contribution is 5.94. The van der Waals surface area contributed by atoms with Crippen molar-refractivity contribution < 1.29 is 4.79 Å². The van der Waals surface area contributed by atoms with Crippen LogP contribution in [-0.4, -0.2) is 61.5 Å². The lowest BCUT2D eigenvalue weighted by Gasteiger charge is -2.37. The normalized spacial score (nSPS) is 20.7. The van der Waals surface area contributed by atoms with Crippen LogP contribution in [0.4, 0.5) is 0 Å².